The zero-order valence-electron chi connectivity index (χ0n) is 4.92. The standard InChI is InChI=1S/C4H8N2OS/c1-3-8(2,7)6-4-5/h3H2,1-2H3. The first-order valence-electron chi connectivity index (χ1n) is 2.20. The minimum Gasteiger partial charge on any atom is -0.249 e. The highest BCUT2D eigenvalue weighted by Gasteiger charge is 1.91. The van der Waals surface area contributed by atoms with Crippen LogP contribution in [0, 0.1) is 11.5 Å². The van der Waals surface area contributed by atoms with Crippen LogP contribution in [-0.2, 0) is 9.73 Å². The van der Waals surface area contributed by atoms with Gasteiger partial charge in [-0.2, -0.15) is 5.26 Å². The fourth-order valence-corrected chi connectivity index (χ4v) is 0.453. The molecule has 1 atom stereocenters. The van der Waals surface area contributed by atoms with E-state index in [9.17, 15) is 4.21 Å². The molecule has 0 N–H and O–H groups in total. The minimum absolute atomic E-state index is 0.445. The Labute approximate surface area is 49.5 Å². The fraction of sp³-hybridized carbons (Fsp3) is 0.750. The van der Waals surface area contributed by atoms with Crippen LogP contribution in [0.25, 0.3) is 0 Å². The molecule has 0 aliphatic carbocycles. The van der Waals surface area contributed by atoms with E-state index < -0.39 is 9.73 Å². The van der Waals surface area contributed by atoms with E-state index in [4.69, 9.17) is 5.26 Å². The lowest BCUT2D eigenvalue weighted by atomic mass is 11.0. The molecule has 46 valence electrons. The number of hydrogen-bond donors (Lipinski definition) is 0. The first-order chi connectivity index (χ1) is 3.62. The summed E-state index contributed by atoms with van der Waals surface area (Å²) < 4.78 is 14.0. The van der Waals surface area contributed by atoms with Gasteiger partial charge in [-0.25, -0.2) is 4.21 Å². The van der Waals surface area contributed by atoms with Gasteiger partial charge >= 0.3 is 0 Å². The predicted octanol–water partition coefficient (Wildman–Crippen LogP) is 0.585. The number of rotatable bonds is 1. The molecule has 0 aromatic carbocycles. The van der Waals surface area contributed by atoms with Gasteiger partial charge in [0.1, 0.15) is 0 Å². The molecule has 8 heavy (non-hydrogen) atoms. The zero-order valence-corrected chi connectivity index (χ0v) is 5.73. The van der Waals surface area contributed by atoms with Crippen molar-refractivity contribution in [2.75, 3.05) is 12.0 Å². The quantitative estimate of drug-likeness (QED) is 0.490. The smallest absolute Gasteiger partial charge is 0.214 e. The maximum atomic E-state index is 10.8. The lowest BCUT2D eigenvalue weighted by Gasteiger charge is -1.89. The Bertz CT molecular complexity index is 207. The van der Waals surface area contributed by atoms with Crippen LogP contribution in [0.15, 0.2) is 4.36 Å². The molecule has 4 heteroatoms. The lowest BCUT2D eigenvalue weighted by Crippen LogP contribution is -1.96. The van der Waals surface area contributed by atoms with Crippen molar-refractivity contribution < 1.29 is 4.21 Å². The lowest BCUT2D eigenvalue weighted by molar-refractivity contribution is 0.681. The number of nitrogens with zero attached hydrogens (tertiary/aromatic N) is 2. The Balaban J connectivity index is 4.43. The van der Waals surface area contributed by atoms with Crippen LogP contribution in [0.1, 0.15) is 6.92 Å². The van der Waals surface area contributed by atoms with Gasteiger partial charge in [-0.1, -0.05) is 6.92 Å². The predicted molar refractivity (Wildman–Crippen MR) is 32.6 cm³/mol. The second-order valence-electron chi connectivity index (χ2n) is 1.44. The molecule has 0 radical (unpaired) electrons. The first kappa shape index (κ1) is 7.44. The van der Waals surface area contributed by atoms with E-state index >= 15 is 0 Å². The van der Waals surface area contributed by atoms with Crippen LogP contribution in [0.3, 0.4) is 0 Å². The van der Waals surface area contributed by atoms with Crippen molar-refractivity contribution in [2.45, 2.75) is 6.92 Å². The van der Waals surface area contributed by atoms with Crippen LogP contribution in [0.5, 0.6) is 0 Å². The molecule has 0 saturated heterocycles. The van der Waals surface area contributed by atoms with E-state index in [1.54, 1.807) is 6.92 Å². The first-order valence-corrected chi connectivity index (χ1v) is 4.29. The molecule has 3 nitrogen and oxygen atoms in total. The Morgan fingerprint density at radius 1 is 1.88 bits per heavy atom. The SMILES string of the molecule is CCS(C)(=O)=NC#N. The largest absolute Gasteiger partial charge is 0.249 e. The van der Waals surface area contributed by atoms with E-state index in [-0.39, 0.29) is 0 Å². The molecule has 0 bridgehead atoms. The monoisotopic (exact) mass is 132 g/mol. The van der Waals surface area contributed by atoms with Crippen molar-refractivity contribution in [3.8, 4) is 6.19 Å². The van der Waals surface area contributed by atoms with Crippen LogP contribution >= 0.6 is 0 Å². The van der Waals surface area contributed by atoms with Gasteiger partial charge in [0.25, 0.3) is 0 Å². The van der Waals surface area contributed by atoms with E-state index in [0.29, 0.717) is 5.75 Å². The van der Waals surface area contributed by atoms with Gasteiger partial charge < -0.3 is 0 Å². The Morgan fingerprint density at radius 3 is 2.50 bits per heavy atom. The molecule has 0 aromatic heterocycles. The third-order valence-corrected chi connectivity index (χ3v) is 2.31. The molecule has 0 amide bonds. The van der Waals surface area contributed by atoms with Gasteiger partial charge in [-0.15, -0.1) is 4.36 Å². The van der Waals surface area contributed by atoms with Crippen molar-refractivity contribution in [1.29, 1.82) is 5.26 Å². The zero-order chi connectivity index (χ0) is 6.62. The minimum atomic E-state index is -2.16. The van der Waals surface area contributed by atoms with Crippen molar-refractivity contribution in [3.63, 3.8) is 0 Å². The molecule has 0 rings (SSSR count). The second kappa shape index (κ2) is 2.68. The summed E-state index contributed by atoms with van der Waals surface area (Å²) in [6, 6.07) is 0. The third kappa shape index (κ3) is 2.59. The maximum Gasteiger partial charge on any atom is 0.214 e. The van der Waals surface area contributed by atoms with Crippen molar-refractivity contribution >= 4 is 9.73 Å². The normalized spacial score (nSPS) is 16.1. The van der Waals surface area contributed by atoms with Gasteiger partial charge in [-0.3, -0.25) is 0 Å². The van der Waals surface area contributed by atoms with Crippen LogP contribution in [0.4, 0.5) is 0 Å². The van der Waals surface area contributed by atoms with E-state index in [1.165, 1.54) is 12.4 Å². The number of nitriles is 1. The molecular weight excluding hydrogens is 124 g/mol. The molecule has 1 unspecified atom stereocenters. The molecule has 0 fully saturated rings. The highest BCUT2D eigenvalue weighted by molar-refractivity contribution is 7.92. The molecule has 0 aliphatic rings. The topological polar surface area (TPSA) is 53.2 Å². The van der Waals surface area contributed by atoms with Crippen LogP contribution < -0.4 is 0 Å². The summed E-state index contributed by atoms with van der Waals surface area (Å²) in [5.41, 5.74) is 0. The number of hydrogen-bond acceptors (Lipinski definition) is 3. The molecule has 0 heterocycles. The van der Waals surface area contributed by atoms with E-state index in [2.05, 4.69) is 4.36 Å². The summed E-state index contributed by atoms with van der Waals surface area (Å²) in [5.74, 6) is 0.445. The van der Waals surface area contributed by atoms with Gasteiger partial charge in [0.05, 0.1) is 9.73 Å². The summed E-state index contributed by atoms with van der Waals surface area (Å²) in [6.07, 6.45) is 2.98. The maximum absolute atomic E-state index is 10.8. The average Bonchev–Trinajstić information content (AvgIpc) is 1.67. The Kier molecular flexibility index (Phi) is 2.49. The van der Waals surface area contributed by atoms with Crippen molar-refractivity contribution in [1.82, 2.24) is 0 Å². The summed E-state index contributed by atoms with van der Waals surface area (Å²) in [7, 11) is -2.16. The molecular formula is C4H8N2OS. The molecule has 0 aromatic rings. The van der Waals surface area contributed by atoms with Gasteiger partial charge in [-0.05, 0) is 0 Å². The summed E-state index contributed by atoms with van der Waals surface area (Å²) in [6.45, 7) is 1.74. The summed E-state index contributed by atoms with van der Waals surface area (Å²) in [4.78, 5) is 0. The average molecular weight is 132 g/mol. The summed E-state index contributed by atoms with van der Waals surface area (Å²) >= 11 is 0. The third-order valence-electron chi connectivity index (χ3n) is 0.770. The molecule has 0 aliphatic heterocycles. The second-order valence-corrected chi connectivity index (χ2v) is 4.12. The Hall–Kier alpha value is -0.560. The van der Waals surface area contributed by atoms with Gasteiger partial charge in [0, 0.05) is 12.0 Å². The fourth-order valence-electron chi connectivity index (χ4n) is 0.151. The molecule has 0 spiro atoms. The summed E-state index contributed by atoms with van der Waals surface area (Å²) in [5, 5.41) is 7.94. The van der Waals surface area contributed by atoms with Crippen molar-refractivity contribution in [3.05, 3.63) is 0 Å². The molecule has 0 saturated carbocycles. The highest BCUT2D eigenvalue weighted by Crippen LogP contribution is 1.86. The van der Waals surface area contributed by atoms with Crippen molar-refractivity contribution in [2.24, 2.45) is 4.36 Å². The Morgan fingerprint density at radius 2 is 2.38 bits per heavy atom. The van der Waals surface area contributed by atoms with Crippen LogP contribution in [0.2, 0.25) is 0 Å². The van der Waals surface area contributed by atoms with E-state index in [1.807, 2.05) is 0 Å². The van der Waals surface area contributed by atoms with Gasteiger partial charge in [0.15, 0.2) is 0 Å². The van der Waals surface area contributed by atoms with Crippen LogP contribution in [-0.4, -0.2) is 16.2 Å². The van der Waals surface area contributed by atoms with E-state index in [0.717, 1.165) is 0 Å². The highest BCUT2D eigenvalue weighted by atomic mass is 32.2. The van der Waals surface area contributed by atoms with Gasteiger partial charge in [0.2, 0.25) is 6.19 Å².